The number of alkyl halides is 2. The minimum atomic E-state index is -3.21. The van der Waals surface area contributed by atoms with E-state index in [0.29, 0.717) is 5.69 Å². The minimum Gasteiger partial charge on any atom is -0.290 e. The molecule has 0 unspecified atom stereocenters. The van der Waals surface area contributed by atoms with Crippen LogP contribution in [0.15, 0.2) is 12.1 Å². The van der Waals surface area contributed by atoms with Crippen LogP contribution < -0.4 is 11.3 Å². The SMILES string of the molecule is Cc1ccc(C(=O)NN)c(C(=O)C(F)F)n1. The highest BCUT2D eigenvalue weighted by Crippen LogP contribution is 2.12. The van der Waals surface area contributed by atoms with Crippen LogP contribution in [-0.2, 0) is 0 Å². The van der Waals surface area contributed by atoms with Gasteiger partial charge in [-0.05, 0) is 19.1 Å². The average molecular weight is 229 g/mol. The fourth-order valence-corrected chi connectivity index (χ4v) is 1.11. The smallest absolute Gasteiger partial charge is 0.290 e. The quantitative estimate of drug-likeness (QED) is 0.341. The summed E-state index contributed by atoms with van der Waals surface area (Å²) in [6, 6.07) is 2.65. The Morgan fingerprint density at radius 1 is 1.44 bits per heavy atom. The standard InChI is InChI=1S/C9H9F2N3O2/c1-4-2-3-5(9(16)14-12)6(13-4)7(15)8(10)11/h2-3,8H,12H2,1H3,(H,14,16). The molecule has 1 heterocycles. The number of pyridine rings is 1. The van der Waals surface area contributed by atoms with E-state index in [4.69, 9.17) is 5.84 Å². The Bertz CT molecular complexity index is 435. The number of amides is 1. The number of aromatic nitrogens is 1. The molecule has 0 aliphatic carbocycles. The number of nitrogens with one attached hydrogen (secondary N) is 1. The van der Waals surface area contributed by atoms with Crippen molar-refractivity contribution >= 4 is 11.7 Å². The van der Waals surface area contributed by atoms with Crippen LogP contribution in [0, 0.1) is 6.92 Å². The third-order valence-corrected chi connectivity index (χ3v) is 1.84. The van der Waals surface area contributed by atoms with Gasteiger partial charge >= 0.3 is 6.43 Å². The van der Waals surface area contributed by atoms with E-state index in [1.165, 1.54) is 19.1 Å². The summed E-state index contributed by atoms with van der Waals surface area (Å²) in [4.78, 5) is 25.9. The summed E-state index contributed by atoms with van der Waals surface area (Å²) in [5, 5.41) is 0. The molecule has 0 aliphatic heterocycles. The fourth-order valence-electron chi connectivity index (χ4n) is 1.11. The molecule has 0 bridgehead atoms. The summed E-state index contributed by atoms with van der Waals surface area (Å²) >= 11 is 0. The van der Waals surface area contributed by atoms with Gasteiger partial charge in [0.1, 0.15) is 5.69 Å². The summed E-state index contributed by atoms with van der Waals surface area (Å²) < 4.78 is 24.5. The number of hydrogen-bond donors (Lipinski definition) is 2. The molecular weight excluding hydrogens is 220 g/mol. The van der Waals surface area contributed by atoms with E-state index in [1.54, 1.807) is 5.43 Å². The summed E-state index contributed by atoms with van der Waals surface area (Å²) in [6.07, 6.45) is -3.21. The molecule has 3 N–H and O–H groups in total. The van der Waals surface area contributed by atoms with Crippen molar-refractivity contribution in [2.45, 2.75) is 13.3 Å². The van der Waals surface area contributed by atoms with E-state index >= 15 is 0 Å². The monoisotopic (exact) mass is 229 g/mol. The number of halogens is 2. The van der Waals surface area contributed by atoms with E-state index in [1.807, 2.05) is 0 Å². The second-order valence-electron chi connectivity index (χ2n) is 2.99. The molecule has 1 aromatic heterocycles. The molecule has 0 spiro atoms. The number of nitrogen functional groups attached to an aromatic ring is 1. The molecule has 86 valence electrons. The van der Waals surface area contributed by atoms with Gasteiger partial charge in [-0.3, -0.25) is 15.0 Å². The predicted molar refractivity (Wildman–Crippen MR) is 51.0 cm³/mol. The van der Waals surface area contributed by atoms with Crippen molar-refractivity contribution in [2.75, 3.05) is 0 Å². The molecule has 1 amide bonds. The maximum absolute atomic E-state index is 12.2. The second kappa shape index (κ2) is 4.75. The number of carbonyl (C=O) groups excluding carboxylic acids is 2. The highest BCUT2D eigenvalue weighted by Gasteiger charge is 2.25. The van der Waals surface area contributed by atoms with Gasteiger partial charge in [-0.2, -0.15) is 0 Å². The van der Waals surface area contributed by atoms with Crippen LogP contribution in [0.4, 0.5) is 8.78 Å². The molecular formula is C9H9F2N3O2. The van der Waals surface area contributed by atoms with E-state index in [0.717, 1.165) is 0 Å². The van der Waals surface area contributed by atoms with Crippen LogP contribution in [0.25, 0.3) is 0 Å². The number of carbonyl (C=O) groups is 2. The number of nitrogens with two attached hydrogens (primary N) is 1. The molecule has 0 saturated heterocycles. The normalized spacial score (nSPS) is 10.3. The Hall–Kier alpha value is -1.89. The Balaban J connectivity index is 3.29. The van der Waals surface area contributed by atoms with E-state index in [9.17, 15) is 18.4 Å². The lowest BCUT2D eigenvalue weighted by Crippen LogP contribution is -2.32. The van der Waals surface area contributed by atoms with Gasteiger partial charge in [0.25, 0.3) is 5.91 Å². The van der Waals surface area contributed by atoms with Crippen LogP contribution in [0.1, 0.15) is 26.5 Å². The summed E-state index contributed by atoms with van der Waals surface area (Å²) in [7, 11) is 0. The largest absolute Gasteiger partial charge is 0.302 e. The van der Waals surface area contributed by atoms with Crippen LogP contribution in [0.3, 0.4) is 0 Å². The molecule has 0 aliphatic rings. The van der Waals surface area contributed by atoms with Crippen LogP contribution in [0.2, 0.25) is 0 Å². The van der Waals surface area contributed by atoms with Gasteiger partial charge in [0.05, 0.1) is 5.56 Å². The molecule has 1 aromatic rings. The summed E-state index contributed by atoms with van der Waals surface area (Å²) in [5.41, 5.74) is 1.28. The van der Waals surface area contributed by atoms with Crippen molar-refractivity contribution in [3.8, 4) is 0 Å². The minimum absolute atomic E-state index is 0.265. The predicted octanol–water partition coefficient (Wildman–Crippen LogP) is 0.441. The zero-order valence-corrected chi connectivity index (χ0v) is 8.33. The Kier molecular flexibility index (Phi) is 3.62. The van der Waals surface area contributed by atoms with Crippen LogP contribution in [-0.4, -0.2) is 23.1 Å². The lowest BCUT2D eigenvalue weighted by Gasteiger charge is -2.06. The highest BCUT2D eigenvalue weighted by atomic mass is 19.3. The van der Waals surface area contributed by atoms with Crippen molar-refractivity contribution < 1.29 is 18.4 Å². The first-order valence-electron chi connectivity index (χ1n) is 4.28. The van der Waals surface area contributed by atoms with Gasteiger partial charge in [0.2, 0.25) is 5.78 Å². The first kappa shape index (κ1) is 12.2. The number of ketones is 1. The molecule has 0 atom stereocenters. The molecule has 7 heteroatoms. The van der Waals surface area contributed by atoms with Gasteiger partial charge in [0.15, 0.2) is 0 Å². The molecule has 0 fully saturated rings. The molecule has 0 aromatic carbocycles. The zero-order valence-electron chi connectivity index (χ0n) is 8.33. The first-order valence-corrected chi connectivity index (χ1v) is 4.28. The summed E-state index contributed by atoms with van der Waals surface area (Å²) in [6.45, 7) is 1.52. The maximum atomic E-state index is 12.2. The number of rotatable bonds is 3. The Morgan fingerprint density at radius 3 is 2.56 bits per heavy atom. The van der Waals surface area contributed by atoms with Gasteiger partial charge in [-0.25, -0.2) is 19.6 Å². The number of Topliss-reactive ketones (excluding diaryl/α,β-unsaturated/α-hetero) is 1. The van der Waals surface area contributed by atoms with Crippen LogP contribution >= 0.6 is 0 Å². The zero-order chi connectivity index (χ0) is 12.3. The first-order chi connectivity index (χ1) is 7.47. The Morgan fingerprint density at radius 2 is 2.06 bits per heavy atom. The Labute approximate surface area is 89.6 Å². The number of hydrazine groups is 1. The highest BCUT2D eigenvalue weighted by molar-refractivity contribution is 6.07. The van der Waals surface area contributed by atoms with Crippen LogP contribution in [0.5, 0.6) is 0 Å². The molecule has 16 heavy (non-hydrogen) atoms. The van der Waals surface area contributed by atoms with Gasteiger partial charge in [-0.1, -0.05) is 0 Å². The van der Waals surface area contributed by atoms with Crippen molar-refractivity contribution in [2.24, 2.45) is 5.84 Å². The third kappa shape index (κ3) is 2.37. The number of aryl methyl sites for hydroxylation is 1. The maximum Gasteiger partial charge on any atom is 0.302 e. The van der Waals surface area contributed by atoms with E-state index in [-0.39, 0.29) is 5.56 Å². The van der Waals surface area contributed by atoms with Gasteiger partial charge in [-0.15, -0.1) is 0 Å². The lowest BCUT2D eigenvalue weighted by atomic mass is 10.1. The average Bonchev–Trinajstić information content (AvgIpc) is 2.26. The van der Waals surface area contributed by atoms with Gasteiger partial charge in [0, 0.05) is 5.69 Å². The molecule has 5 nitrogen and oxygen atoms in total. The third-order valence-electron chi connectivity index (χ3n) is 1.84. The molecule has 0 saturated carbocycles. The molecule has 0 radical (unpaired) electrons. The van der Waals surface area contributed by atoms with Crippen molar-refractivity contribution in [1.82, 2.24) is 10.4 Å². The van der Waals surface area contributed by atoms with Gasteiger partial charge < -0.3 is 0 Å². The van der Waals surface area contributed by atoms with E-state index < -0.39 is 23.8 Å². The van der Waals surface area contributed by atoms with Crippen molar-refractivity contribution in [3.63, 3.8) is 0 Å². The lowest BCUT2D eigenvalue weighted by molar-refractivity contribution is 0.0669. The number of hydrogen-bond acceptors (Lipinski definition) is 4. The summed E-state index contributed by atoms with van der Waals surface area (Å²) in [5.74, 6) is 2.53. The van der Waals surface area contributed by atoms with E-state index in [2.05, 4.69) is 4.98 Å². The van der Waals surface area contributed by atoms with Crippen molar-refractivity contribution in [3.05, 3.63) is 29.1 Å². The second-order valence-corrected chi connectivity index (χ2v) is 2.99. The fraction of sp³-hybridized carbons (Fsp3) is 0.222. The number of nitrogens with zero attached hydrogens (tertiary/aromatic N) is 1. The topological polar surface area (TPSA) is 85.1 Å². The molecule has 1 rings (SSSR count). The van der Waals surface area contributed by atoms with Crippen molar-refractivity contribution in [1.29, 1.82) is 0 Å².